The van der Waals surface area contributed by atoms with Crippen LogP contribution >= 0.6 is 11.8 Å². The van der Waals surface area contributed by atoms with Gasteiger partial charge in [-0.2, -0.15) is 0 Å². The van der Waals surface area contributed by atoms with Gasteiger partial charge in [-0.15, -0.1) is 11.8 Å². The zero-order valence-corrected chi connectivity index (χ0v) is 20.3. The molecule has 3 aromatic carbocycles. The zero-order chi connectivity index (χ0) is 24.4. The fourth-order valence-corrected chi connectivity index (χ4v) is 4.64. The summed E-state index contributed by atoms with van der Waals surface area (Å²) in [5.41, 5.74) is 1.46. The molecule has 9 heteroatoms. The molecule has 0 aliphatic carbocycles. The summed E-state index contributed by atoms with van der Waals surface area (Å²) < 4.78 is 32.5. The topological polar surface area (TPSA) is 102 Å². The Labute approximate surface area is 204 Å². The number of nitrogens with one attached hydrogen (secondary N) is 2. The highest BCUT2D eigenvalue weighted by atomic mass is 32.2. The first-order chi connectivity index (χ1) is 16.4. The van der Waals surface area contributed by atoms with Gasteiger partial charge in [-0.25, -0.2) is 13.2 Å². The van der Waals surface area contributed by atoms with Crippen molar-refractivity contribution < 1.29 is 22.7 Å². The zero-order valence-electron chi connectivity index (χ0n) is 18.7. The maximum atomic E-state index is 12.4. The minimum atomic E-state index is -3.65. The van der Waals surface area contributed by atoms with Crippen molar-refractivity contribution in [1.82, 2.24) is 0 Å². The van der Waals surface area contributed by atoms with Gasteiger partial charge in [0.2, 0.25) is 5.91 Å². The predicted octanol–water partition coefficient (Wildman–Crippen LogP) is 5.18. The summed E-state index contributed by atoms with van der Waals surface area (Å²) in [5.74, 6) is -0.399. The molecule has 0 aliphatic rings. The first kappa shape index (κ1) is 25.3. The number of carbonyl (C=O) groups is 2. The number of esters is 1. The highest BCUT2D eigenvalue weighted by molar-refractivity contribution is 8.00. The second kappa shape index (κ2) is 12.2. The number of ether oxygens (including phenoxy) is 1. The van der Waals surface area contributed by atoms with E-state index in [9.17, 15) is 18.0 Å². The summed E-state index contributed by atoms with van der Waals surface area (Å²) in [4.78, 5) is 25.2. The van der Waals surface area contributed by atoms with Crippen molar-refractivity contribution in [2.45, 2.75) is 29.6 Å². The SMILES string of the molecule is CCCCOC(=O)c1ccc(NC(=O)CSc2ccc(NS(=O)(=O)c3ccccc3)cc2)cc1. The van der Waals surface area contributed by atoms with Crippen LogP contribution in [0.1, 0.15) is 30.1 Å². The second-order valence-electron chi connectivity index (χ2n) is 7.35. The van der Waals surface area contributed by atoms with E-state index in [1.165, 1.54) is 23.9 Å². The number of thioether (sulfide) groups is 1. The number of hydrogen-bond acceptors (Lipinski definition) is 6. The number of rotatable bonds is 11. The molecule has 0 fully saturated rings. The van der Waals surface area contributed by atoms with Crippen molar-refractivity contribution in [2.24, 2.45) is 0 Å². The lowest BCUT2D eigenvalue weighted by Gasteiger charge is -2.09. The van der Waals surface area contributed by atoms with Gasteiger partial charge in [-0.1, -0.05) is 31.5 Å². The molecular weight excluding hydrogens is 472 g/mol. The summed E-state index contributed by atoms with van der Waals surface area (Å²) in [5, 5.41) is 2.79. The highest BCUT2D eigenvalue weighted by Crippen LogP contribution is 2.22. The summed E-state index contributed by atoms with van der Waals surface area (Å²) in [6.45, 7) is 2.42. The molecule has 0 bridgehead atoms. The van der Waals surface area contributed by atoms with E-state index in [0.717, 1.165) is 17.7 Å². The van der Waals surface area contributed by atoms with Crippen molar-refractivity contribution in [3.05, 3.63) is 84.4 Å². The Balaban J connectivity index is 1.47. The van der Waals surface area contributed by atoms with E-state index in [1.807, 2.05) is 6.92 Å². The molecule has 0 aromatic heterocycles. The summed E-state index contributed by atoms with van der Waals surface area (Å²) >= 11 is 1.33. The Bertz CT molecular complexity index is 1200. The molecule has 0 unspecified atom stereocenters. The number of unbranched alkanes of at least 4 members (excludes halogenated alkanes) is 1. The molecule has 0 spiro atoms. The van der Waals surface area contributed by atoms with Gasteiger partial charge in [0.15, 0.2) is 0 Å². The average molecular weight is 499 g/mol. The molecular formula is C25H26N2O5S2. The van der Waals surface area contributed by atoms with Crippen LogP contribution in [-0.4, -0.2) is 32.7 Å². The Morgan fingerprint density at radius 2 is 1.53 bits per heavy atom. The van der Waals surface area contributed by atoms with Crippen molar-refractivity contribution in [2.75, 3.05) is 22.4 Å². The average Bonchev–Trinajstić information content (AvgIpc) is 2.84. The van der Waals surface area contributed by atoms with Gasteiger partial charge in [-0.3, -0.25) is 9.52 Å². The van der Waals surface area contributed by atoms with Crippen LogP contribution in [0.25, 0.3) is 0 Å². The van der Waals surface area contributed by atoms with E-state index < -0.39 is 10.0 Å². The quantitative estimate of drug-likeness (QED) is 0.215. The summed E-state index contributed by atoms with van der Waals surface area (Å²) in [6.07, 6.45) is 1.77. The molecule has 2 N–H and O–H groups in total. The molecule has 3 rings (SSSR count). The van der Waals surface area contributed by atoms with Crippen molar-refractivity contribution >= 4 is 45.0 Å². The molecule has 34 heavy (non-hydrogen) atoms. The molecule has 7 nitrogen and oxygen atoms in total. The lowest BCUT2D eigenvalue weighted by molar-refractivity contribution is -0.113. The van der Waals surface area contributed by atoms with Crippen LogP contribution in [0.15, 0.2) is 88.7 Å². The van der Waals surface area contributed by atoms with Crippen LogP contribution in [-0.2, 0) is 19.6 Å². The molecule has 0 radical (unpaired) electrons. The number of amides is 1. The van der Waals surface area contributed by atoms with E-state index in [-0.39, 0.29) is 22.5 Å². The van der Waals surface area contributed by atoms with Gasteiger partial charge in [0, 0.05) is 16.3 Å². The first-order valence-electron chi connectivity index (χ1n) is 10.7. The lowest BCUT2D eigenvalue weighted by Crippen LogP contribution is -2.14. The van der Waals surface area contributed by atoms with Gasteiger partial charge >= 0.3 is 5.97 Å². The molecule has 0 heterocycles. The number of anilines is 2. The third-order valence-electron chi connectivity index (χ3n) is 4.67. The van der Waals surface area contributed by atoms with Crippen molar-refractivity contribution in [1.29, 1.82) is 0 Å². The summed E-state index contributed by atoms with van der Waals surface area (Å²) in [6, 6.07) is 21.5. The fourth-order valence-electron chi connectivity index (χ4n) is 2.86. The second-order valence-corrected chi connectivity index (χ2v) is 10.1. The van der Waals surface area contributed by atoms with Crippen LogP contribution in [0.5, 0.6) is 0 Å². The first-order valence-corrected chi connectivity index (χ1v) is 13.2. The normalized spacial score (nSPS) is 11.0. The van der Waals surface area contributed by atoms with Gasteiger partial charge in [0.1, 0.15) is 0 Å². The van der Waals surface area contributed by atoms with Gasteiger partial charge in [0.25, 0.3) is 10.0 Å². The number of sulfonamides is 1. The Kier molecular flexibility index (Phi) is 9.12. The standard InChI is InChI=1S/C25H26N2O5S2/c1-2-3-17-32-25(29)19-9-11-20(12-10-19)26-24(28)18-33-22-15-13-21(14-16-22)27-34(30,31)23-7-5-4-6-8-23/h4-16,27H,2-3,17-18H2,1H3,(H,26,28). The predicted molar refractivity (Wildman–Crippen MR) is 135 cm³/mol. The van der Waals surface area contributed by atoms with E-state index in [1.54, 1.807) is 66.7 Å². The maximum absolute atomic E-state index is 12.4. The van der Waals surface area contributed by atoms with Gasteiger partial charge in [0.05, 0.1) is 22.8 Å². The summed E-state index contributed by atoms with van der Waals surface area (Å²) in [7, 11) is -3.65. The molecule has 3 aromatic rings. The van der Waals surface area contributed by atoms with Gasteiger partial charge in [-0.05, 0) is 67.1 Å². The largest absolute Gasteiger partial charge is 0.462 e. The van der Waals surface area contributed by atoms with E-state index >= 15 is 0 Å². The van der Waals surface area contributed by atoms with Crippen molar-refractivity contribution in [3.8, 4) is 0 Å². The highest BCUT2D eigenvalue weighted by Gasteiger charge is 2.13. The third-order valence-corrected chi connectivity index (χ3v) is 7.07. The smallest absolute Gasteiger partial charge is 0.338 e. The van der Waals surface area contributed by atoms with E-state index in [4.69, 9.17) is 4.74 Å². The maximum Gasteiger partial charge on any atom is 0.338 e. The minimum Gasteiger partial charge on any atom is -0.462 e. The van der Waals surface area contributed by atoms with Crippen LogP contribution in [0.3, 0.4) is 0 Å². The third kappa shape index (κ3) is 7.64. The Hall–Kier alpha value is -3.30. The van der Waals surface area contributed by atoms with Crippen LogP contribution < -0.4 is 10.0 Å². The van der Waals surface area contributed by atoms with Crippen LogP contribution in [0, 0.1) is 0 Å². The molecule has 0 saturated carbocycles. The number of benzene rings is 3. The monoisotopic (exact) mass is 498 g/mol. The van der Waals surface area contributed by atoms with E-state index in [2.05, 4.69) is 10.0 Å². The number of carbonyl (C=O) groups excluding carboxylic acids is 2. The van der Waals surface area contributed by atoms with Crippen LogP contribution in [0.2, 0.25) is 0 Å². The lowest BCUT2D eigenvalue weighted by atomic mass is 10.2. The molecule has 0 atom stereocenters. The molecule has 178 valence electrons. The number of hydrogen-bond donors (Lipinski definition) is 2. The minimum absolute atomic E-state index is 0.176. The van der Waals surface area contributed by atoms with Crippen LogP contribution in [0.4, 0.5) is 11.4 Å². The van der Waals surface area contributed by atoms with Gasteiger partial charge < -0.3 is 10.1 Å². The Morgan fingerprint density at radius 1 is 0.882 bits per heavy atom. The fraction of sp³-hybridized carbons (Fsp3) is 0.200. The molecule has 0 saturated heterocycles. The van der Waals surface area contributed by atoms with E-state index in [0.29, 0.717) is 23.5 Å². The van der Waals surface area contributed by atoms with Crippen molar-refractivity contribution in [3.63, 3.8) is 0 Å². The molecule has 0 aliphatic heterocycles. The Morgan fingerprint density at radius 3 is 2.18 bits per heavy atom. The molecule has 1 amide bonds.